The molecule has 0 aliphatic carbocycles. The first-order valence-corrected chi connectivity index (χ1v) is 7.65. The van der Waals surface area contributed by atoms with Crippen molar-refractivity contribution in [2.24, 2.45) is 0 Å². The number of thioether (sulfide) groups is 1. The number of hydrogen-bond donors (Lipinski definition) is 0. The van der Waals surface area contributed by atoms with Gasteiger partial charge in [-0.25, -0.2) is 0 Å². The number of furan rings is 2. The molecule has 4 aromatic rings. The zero-order valence-corrected chi connectivity index (χ0v) is 12.7. The van der Waals surface area contributed by atoms with Gasteiger partial charge in [-0.15, -0.1) is 20.4 Å². The summed E-state index contributed by atoms with van der Waals surface area (Å²) in [5, 5.41) is 16.3. The van der Waals surface area contributed by atoms with Gasteiger partial charge in [-0.05, 0) is 25.1 Å². The van der Waals surface area contributed by atoms with E-state index in [0.717, 1.165) is 11.3 Å². The first-order chi connectivity index (χ1) is 11.3. The van der Waals surface area contributed by atoms with Crippen LogP contribution in [0.4, 0.5) is 0 Å². The van der Waals surface area contributed by atoms with Crippen LogP contribution in [-0.4, -0.2) is 20.4 Å². The summed E-state index contributed by atoms with van der Waals surface area (Å²) >= 11 is 1.31. The Morgan fingerprint density at radius 3 is 2.65 bits per heavy atom. The fraction of sp³-hybridized carbons (Fsp3) is 0.143. The van der Waals surface area contributed by atoms with Crippen molar-refractivity contribution in [1.29, 1.82) is 0 Å². The molecule has 0 amide bonds. The molecule has 4 heterocycles. The maximum atomic E-state index is 5.58. The van der Waals surface area contributed by atoms with E-state index in [1.54, 1.807) is 30.7 Å². The van der Waals surface area contributed by atoms with Crippen LogP contribution in [0.2, 0.25) is 0 Å². The minimum atomic E-state index is 0.339. The Labute approximate surface area is 133 Å². The number of aryl methyl sites for hydroxylation is 1. The molecule has 0 spiro atoms. The minimum absolute atomic E-state index is 0.339. The summed E-state index contributed by atoms with van der Waals surface area (Å²) in [5.41, 5.74) is 0.780. The van der Waals surface area contributed by atoms with Crippen molar-refractivity contribution in [2.75, 3.05) is 0 Å². The molecule has 0 aliphatic heterocycles. The van der Waals surface area contributed by atoms with Gasteiger partial charge in [-0.3, -0.25) is 0 Å². The molecule has 0 unspecified atom stereocenters. The Bertz CT molecular complexity index is 909. The van der Waals surface area contributed by atoms with Crippen molar-refractivity contribution in [1.82, 2.24) is 20.4 Å². The molecule has 4 rings (SSSR count). The van der Waals surface area contributed by atoms with Crippen molar-refractivity contribution < 1.29 is 17.7 Å². The number of hydrogen-bond acceptors (Lipinski definition) is 9. The largest absolute Gasteiger partial charge is 0.469 e. The quantitative estimate of drug-likeness (QED) is 0.508. The lowest BCUT2D eigenvalue weighted by Crippen LogP contribution is -1.80. The van der Waals surface area contributed by atoms with Crippen molar-refractivity contribution >= 4 is 11.8 Å². The highest BCUT2D eigenvalue weighted by Gasteiger charge is 2.15. The smallest absolute Gasteiger partial charge is 0.283 e. The molecule has 8 nitrogen and oxygen atoms in total. The lowest BCUT2D eigenvalue weighted by atomic mass is 10.3. The fourth-order valence-electron chi connectivity index (χ4n) is 1.92. The predicted molar refractivity (Wildman–Crippen MR) is 78.3 cm³/mol. The highest BCUT2D eigenvalue weighted by molar-refractivity contribution is 7.98. The van der Waals surface area contributed by atoms with Crippen molar-refractivity contribution in [3.05, 3.63) is 42.4 Å². The second kappa shape index (κ2) is 5.76. The summed E-state index contributed by atoms with van der Waals surface area (Å²) in [6.07, 6.45) is 3.13. The Balaban J connectivity index is 1.44. The van der Waals surface area contributed by atoms with Gasteiger partial charge in [0, 0.05) is 0 Å². The van der Waals surface area contributed by atoms with Crippen LogP contribution in [0.1, 0.15) is 11.7 Å². The first kappa shape index (κ1) is 13.8. The zero-order chi connectivity index (χ0) is 15.6. The highest BCUT2D eigenvalue weighted by atomic mass is 32.2. The van der Waals surface area contributed by atoms with E-state index in [0.29, 0.717) is 34.4 Å². The van der Waals surface area contributed by atoms with Crippen LogP contribution >= 0.6 is 11.8 Å². The van der Waals surface area contributed by atoms with Crippen LogP contribution in [0.25, 0.3) is 23.1 Å². The van der Waals surface area contributed by atoms with Crippen molar-refractivity contribution in [3.8, 4) is 23.1 Å². The maximum Gasteiger partial charge on any atom is 0.283 e. The van der Waals surface area contributed by atoms with E-state index < -0.39 is 0 Å². The van der Waals surface area contributed by atoms with Crippen molar-refractivity contribution in [2.45, 2.75) is 17.9 Å². The third-order valence-electron chi connectivity index (χ3n) is 3.01. The molecule has 0 saturated heterocycles. The van der Waals surface area contributed by atoms with Crippen molar-refractivity contribution in [3.63, 3.8) is 0 Å². The van der Waals surface area contributed by atoms with E-state index in [9.17, 15) is 0 Å². The van der Waals surface area contributed by atoms with Crippen LogP contribution in [0.3, 0.4) is 0 Å². The van der Waals surface area contributed by atoms with Gasteiger partial charge in [0.2, 0.25) is 5.89 Å². The number of rotatable bonds is 5. The van der Waals surface area contributed by atoms with E-state index in [4.69, 9.17) is 17.7 Å². The Kier molecular flexibility index (Phi) is 3.46. The van der Waals surface area contributed by atoms with E-state index in [1.165, 1.54) is 11.8 Å². The zero-order valence-electron chi connectivity index (χ0n) is 11.9. The van der Waals surface area contributed by atoms with Crippen LogP contribution in [0, 0.1) is 6.92 Å². The summed E-state index contributed by atoms with van der Waals surface area (Å²) in [6, 6.07) is 5.29. The molecule has 23 heavy (non-hydrogen) atoms. The summed E-state index contributed by atoms with van der Waals surface area (Å²) in [5.74, 6) is 2.88. The van der Waals surface area contributed by atoms with Crippen LogP contribution in [0.5, 0.6) is 0 Å². The topological polar surface area (TPSA) is 104 Å². The van der Waals surface area contributed by atoms with Gasteiger partial charge in [0.15, 0.2) is 5.76 Å². The number of aromatic nitrogens is 4. The molecule has 0 aliphatic rings. The third kappa shape index (κ3) is 2.78. The van der Waals surface area contributed by atoms with Gasteiger partial charge in [-0.2, -0.15) is 0 Å². The second-order valence-electron chi connectivity index (χ2n) is 4.53. The lowest BCUT2D eigenvalue weighted by molar-refractivity contribution is 0.461. The van der Waals surface area contributed by atoms with E-state index in [1.807, 2.05) is 6.92 Å². The molecule has 0 aromatic carbocycles. The van der Waals surface area contributed by atoms with Crippen LogP contribution in [0.15, 0.2) is 53.6 Å². The second-order valence-corrected chi connectivity index (χ2v) is 5.46. The van der Waals surface area contributed by atoms with E-state index >= 15 is 0 Å². The molecule has 4 aromatic heterocycles. The van der Waals surface area contributed by atoms with E-state index in [-0.39, 0.29) is 0 Å². The Morgan fingerprint density at radius 2 is 1.87 bits per heavy atom. The molecule has 0 N–H and O–H groups in total. The maximum absolute atomic E-state index is 5.58. The van der Waals surface area contributed by atoms with Gasteiger partial charge >= 0.3 is 0 Å². The summed E-state index contributed by atoms with van der Waals surface area (Å²) in [6.45, 7) is 1.83. The molecular weight excluding hydrogens is 320 g/mol. The van der Waals surface area contributed by atoms with Crippen LogP contribution in [-0.2, 0) is 5.75 Å². The Hall–Kier alpha value is -2.81. The van der Waals surface area contributed by atoms with Gasteiger partial charge in [0.1, 0.15) is 5.76 Å². The lowest BCUT2D eigenvalue weighted by Gasteiger charge is -1.91. The highest BCUT2D eigenvalue weighted by Crippen LogP contribution is 2.28. The summed E-state index contributed by atoms with van der Waals surface area (Å²) in [7, 11) is 0. The molecule has 0 bridgehead atoms. The van der Waals surface area contributed by atoms with Gasteiger partial charge < -0.3 is 17.7 Å². The van der Waals surface area contributed by atoms with Crippen LogP contribution < -0.4 is 0 Å². The molecular formula is C14H10N4O4S. The molecule has 0 saturated carbocycles. The van der Waals surface area contributed by atoms with Gasteiger partial charge in [0.05, 0.1) is 23.8 Å². The molecule has 0 radical (unpaired) electrons. The SMILES string of the molecule is Cc1occc1-c1nnc(SCc2nnc(-c3ccco3)o2)o1. The van der Waals surface area contributed by atoms with Gasteiger partial charge in [-0.1, -0.05) is 11.8 Å². The van der Waals surface area contributed by atoms with Gasteiger partial charge in [0.25, 0.3) is 17.0 Å². The molecule has 0 fully saturated rings. The molecule has 116 valence electrons. The fourth-order valence-corrected chi connectivity index (χ4v) is 2.52. The average Bonchev–Trinajstić information content (AvgIpc) is 3.32. The normalized spacial score (nSPS) is 11.2. The molecule has 0 atom stereocenters. The standard InChI is InChI=1S/C14H10N4O4S/c1-8-9(4-6-19-8)12-16-18-14(22-12)23-7-11-15-17-13(21-11)10-3-2-5-20-10/h2-6H,7H2,1H3. The predicted octanol–water partition coefficient (Wildman–Crippen LogP) is 3.57. The van der Waals surface area contributed by atoms with E-state index in [2.05, 4.69) is 20.4 Å². The number of nitrogens with zero attached hydrogens (tertiary/aromatic N) is 4. The third-order valence-corrected chi connectivity index (χ3v) is 3.82. The summed E-state index contributed by atoms with van der Waals surface area (Å²) < 4.78 is 21.5. The minimum Gasteiger partial charge on any atom is -0.469 e. The molecule has 9 heteroatoms. The monoisotopic (exact) mass is 330 g/mol. The summed E-state index contributed by atoms with van der Waals surface area (Å²) in [4.78, 5) is 0. The average molecular weight is 330 g/mol. The Morgan fingerprint density at radius 1 is 0.957 bits per heavy atom. The first-order valence-electron chi connectivity index (χ1n) is 6.66.